The maximum atomic E-state index is 12.5. The summed E-state index contributed by atoms with van der Waals surface area (Å²) >= 11 is 3.31. The first kappa shape index (κ1) is 14.9. The summed E-state index contributed by atoms with van der Waals surface area (Å²) in [5.74, 6) is 0. The van der Waals surface area contributed by atoms with Crippen molar-refractivity contribution in [2.45, 2.75) is 18.7 Å². The quantitative estimate of drug-likeness (QED) is 0.829. The van der Waals surface area contributed by atoms with Crippen LogP contribution in [0.25, 0.3) is 0 Å². The van der Waals surface area contributed by atoms with E-state index in [-0.39, 0.29) is 4.90 Å². The molecule has 0 atom stereocenters. The SMILES string of the molecule is Cc1cc(N)c(C)c(S(=O)(=O)Nc2cccc(Br)c2)c1. The maximum absolute atomic E-state index is 12.5. The van der Waals surface area contributed by atoms with Crippen molar-refractivity contribution in [3.8, 4) is 0 Å². The van der Waals surface area contributed by atoms with Gasteiger partial charge < -0.3 is 5.73 Å². The van der Waals surface area contributed by atoms with Gasteiger partial charge in [0.2, 0.25) is 0 Å². The molecule has 0 aliphatic rings. The predicted octanol–water partition coefficient (Wildman–Crippen LogP) is 3.45. The van der Waals surface area contributed by atoms with Gasteiger partial charge >= 0.3 is 0 Å². The standard InChI is InChI=1S/C14H15BrN2O2S/c1-9-6-13(16)10(2)14(7-9)20(18,19)17-12-5-3-4-11(15)8-12/h3-8,17H,16H2,1-2H3. The van der Waals surface area contributed by atoms with Crippen molar-refractivity contribution in [1.29, 1.82) is 0 Å². The number of nitrogens with two attached hydrogens (primary N) is 1. The second-order valence-corrected chi connectivity index (χ2v) is 7.16. The molecular formula is C14H15BrN2O2S. The molecule has 0 aliphatic heterocycles. The highest BCUT2D eigenvalue weighted by Gasteiger charge is 2.19. The number of benzene rings is 2. The van der Waals surface area contributed by atoms with Crippen LogP contribution in [0, 0.1) is 13.8 Å². The smallest absolute Gasteiger partial charge is 0.262 e. The van der Waals surface area contributed by atoms with Crippen LogP contribution in [-0.4, -0.2) is 8.42 Å². The zero-order chi connectivity index (χ0) is 14.9. The zero-order valence-corrected chi connectivity index (χ0v) is 13.5. The van der Waals surface area contributed by atoms with Crippen molar-refractivity contribution in [2.24, 2.45) is 0 Å². The minimum Gasteiger partial charge on any atom is -0.398 e. The summed E-state index contributed by atoms with van der Waals surface area (Å²) in [6, 6.07) is 10.4. The van der Waals surface area contributed by atoms with E-state index in [0.29, 0.717) is 16.9 Å². The van der Waals surface area contributed by atoms with Crippen LogP contribution in [-0.2, 0) is 10.0 Å². The van der Waals surface area contributed by atoms with Crippen LogP contribution in [0.3, 0.4) is 0 Å². The third-order valence-corrected chi connectivity index (χ3v) is 4.91. The van der Waals surface area contributed by atoms with E-state index in [1.165, 1.54) is 0 Å². The number of nitrogen functional groups attached to an aromatic ring is 1. The monoisotopic (exact) mass is 354 g/mol. The van der Waals surface area contributed by atoms with E-state index < -0.39 is 10.0 Å². The Morgan fingerprint density at radius 3 is 2.50 bits per heavy atom. The van der Waals surface area contributed by atoms with Gasteiger partial charge in [-0.1, -0.05) is 22.0 Å². The molecule has 20 heavy (non-hydrogen) atoms. The van der Waals surface area contributed by atoms with E-state index in [1.807, 2.05) is 13.0 Å². The van der Waals surface area contributed by atoms with E-state index in [4.69, 9.17) is 5.73 Å². The van der Waals surface area contributed by atoms with Crippen LogP contribution in [0.5, 0.6) is 0 Å². The molecule has 0 fully saturated rings. The van der Waals surface area contributed by atoms with Gasteiger partial charge in [0.1, 0.15) is 0 Å². The van der Waals surface area contributed by atoms with Gasteiger partial charge in [-0.2, -0.15) is 0 Å². The maximum Gasteiger partial charge on any atom is 0.262 e. The minimum atomic E-state index is -3.66. The molecule has 2 aromatic rings. The Morgan fingerprint density at radius 2 is 1.85 bits per heavy atom. The molecule has 0 radical (unpaired) electrons. The second kappa shape index (κ2) is 5.46. The summed E-state index contributed by atoms with van der Waals surface area (Å²) < 4.78 is 28.3. The topological polar surface area (TPSA) is 72.2 Å². The van der Waals surface area contributed by atoms with Gasteiger partial charge in [0, 0.05) is 15.8 Å². The zero-order valence-electron chi connectivity index (χ0n) is 11.1. The lowest BCUT2D eigenvalue weighted by molar-refractivity contribution is 0.600. The van der Waals surface area contributed by atoms with Gasteiger partial charge in [-0.3, -0.25) is 4.72 Å². The molecule has 0 spiro atoms. The Bertz CT molecular complexity index is 758. The lowest BCUT2D eigenvalue weighted by atomic mass is 10.1. The summed E-state index contributed by atoms with van der Waals surface area (Å²) in [6.45, 7) is 3.51. The van der Waals surface area contributed by atoms with Gasteiger partial charge in [0.25, 0.3) is 10.0 Å². The number of hydrogen-bond acceptors (Lipinski definition) is 3. The molecule has 2 rings (SSSR count). The number of hydrogen-bond donors (Lipinski definition) is 2. The summed E-state index contributed by atoms with van der Waals surface area (Å²) in [4.78, 5) is 0.204. The largest absolute Gasteiger partial charge is 0.398 e. The lowest BCUT2D eigenvalue weighted by Gasteiger charge is -2.13. The molecule has 0 saturated carbocycles. The van der Waals surface area contributed by atoms with Crippen LogP contribution < -0.4 is 10.5 Å². The highest BCUT2D eigenvalue weighted by Crippen LogP contribution is 2.26. The normalized spacial score (nSPS) is 11.3. The molecule has 6 heteroatoms. The molecule has 3 N–H and O–H groups in total. The molecule has 0 heterocycles. The van der Waals surface area contributed by atoms with E-state index in [2.05, 4.69) is 20.7 Å². The average Bonchev–Trinajstić information content (AvgIpc) is 2.33. The molecule has 0 bridgehead atoms. The van der Waals surface area contributed by atoms with Crippen LogP contribution in [0.2, 0.25) is 0 Å². The van der Waals surface area contributed by atoms with E-state index in [9.17, 15) is 8.42 Å². The van der Waals surface area contributed by atoms with Crippen molar-refractivity contribution < 1.29 is 8.42 Å². The number of anilines is 2. The lowest BCUT2D eigenvalue weighted by Crippen LogP contribution is -2.15. The first-order chi connectivity index (χ1) is 9.29. The molecule has 4 nitrogen and oxygen atoms in total. The van der Waals surface area contributed by atoms with E-state index in [0.717, 1.165) is 10.0 Å². The van der Waals surface area contributed by atoms with Crippen molar-refractivity contribution in [1.82, 2.24) is 0 Å². The van der Waals surface area contributed by atoms with Gasteiger partial charge in [0.15, 0.2) is 0 Å². The van der Waals surface area contributed by atoms with Gasteiger partial charge in [-0.05, 0) is 55.3 Å². The minimum absolute atomic E-state index is 0.204. The molecular weight excluding hydrogens is 340 g/mol. The fourth-order valence-corrected chi connectivity index (χ4v) is 3.70. The molecule has 106 valence electrons. The van der Waals surface area contributed by atoms with Crippen LogP contribution in [0.15, 0.2) is 45.8 Å². The number of aryl methyl sites for hydroxylation is 1. The molecule has 0 saturated heterocycles. The molecule has 0 aliphatic carbocycles. The number of halogens is 1. The summed E-state index contributed by atoms with van der Waals surface area (Å²) in [5, 5.41) is 0. The predicted molar refractivity (Wildman–Crippen MR) is 85.3 cm³/mol. The molecule has 0 amide bonds. The van der Waals surface area contributed by atoms with E-state index >= 15 is 0 Å². The Hall–Kier alpha value is -1.53. The first-order valence-electron chi connectivity index (χ1n) is 5.95. The van der Waals surface area contributed by atoms with Crippen LogP contribution >= 0.6 is 15.9 Å². The Balaban J connectivity index is 2.46. The van der Waals surface area contributed by atoms with Gasteiger partial charge in [-0.15, -0.1) is 0 Å². The van der Waals surface area contributed by atoms with Crippen molar-refractivity contribution in [3.05, 3.63) is 52.0 Å². The summed E-state index contributed by atoms with van der Waals surface area (Å²) in [5.41, 5.74) is 8.17. The molecule has 0 unspecified atom stereocenters. The molecule has 2 aromatic carbocycles. The summed E-state index contributed by atoms with van der Waals surface area (Å²) in [6.07, 6.45) is 0. The highest BCUT2D eigenvalue weighted by atomic mass is 79.9. The van der Waals surface area contributed by atoms with E-state index in [1.54, 1.807) is 37.3 Å². The summed E-state index contributed by atoms with van der Waals surface area (Å²) in [7, 11) is -3.66. The Labute approximate surface area is 127 Å². The van der Waals surface area contributed by atoms with Gasteiger partial charge in [0.05, 0.1) is 4.90 Å². The number of rotatable bonds is 3. The van der Waals surface area contributed by atoms with Crippen molar-refractivity contribution in [3.63, 3.8) is 0 Å². The Morgan fingerprint density at radius 1 is 1.15 bits per heavy atom. The fourth-order valence-electron chi connectivity index (χ4n) is 1.89. The number of sulfonamides is 1. The highest BCUT2D eigenvalue weighted by molar-refractivity contribution is 9.10. The Kier molecular flexibility index (Phi) is 4.06. The first-order valence-corrected chi connectivity index (χ1v) is 8.22. The fraction of sp³-hybridized carbons (Fsp3) is 0.143. The van der Waals surface area contributed by atoms with Crippen molar-refractivity contribution in [2.75, 3.05) is 10.5 Å². The average molecular weight is 355 g/mol. The molecule has 0 aromatic heterocycles. The van der Waals surface area contributed by atoms with Crippen LogP contribution in [0.1, 0.15) is 11.1 Å². The third kappa shape index (κ3) is 3.13. The van der Waals surface area contributed by atoms with Crippen molar-refractivity contribution >= 4 is 37.3 Å². The van der Waals surface area contributed by atoms with Crippen LogP contribution in [0.4, 0.5) is 11.4 Å². The number of nitrogens with one attached hydrogen (secondary N) is 1. The second-order valence-electron chi connectivity index (χ2n) is 4.59. The van der Waals surface area contributed by atoms with Gasteiger partial charge in [-0.25, -0.2) is 8.42 Å². The third-order valence-electron chi connectivity index (χ3n) is 2.91.